The lowest BCUT2D eigenvalue weighted by molar-refractivity contribution is 0.661. The van der Waals surface area contributed by atoms with Gasteiger partial charge in [-0.05, 0) is 92.7 Å². The molecule has 2 unspecified atom stereocenters. The number of nitrogens with zero attached hydrogens (tertiary/aromatic N) is 1. The monoisotopic (exact) mass is 605 g/mol. The van der Waals surface area contributed by atoms with E-state index in [0.29, 0.717) is 5.92 Å². The minimum absolute atomic E-state index is 0.0549. The van der Waals surface area contributed by atoms with Crippen molar-refractivity contribution in [2.24, 2.45) is 0 Å². The minimum atomic E-state index is -0.0549. The third kappa shape index (κ3) is 2.91. The summed E-state index contributed by atoms with van der Waals surface area (Å²) in [5.74, 6) is 0.378. The number of para-hydroxylation sites is 1. The van der Waals surface area contributed by atoms with Crippen LogP contribution >= 0.6 is 11.8 Å². The predicted molar refractivity (Wildman–Crippen MR) is 196 cm³/mol. The number of aromatic nitrogens is 1. The van der Waals surface area contributed by atoms with Gasteiger partial charge < -0.3 is 4.57 Å². The Morgan fingerprint density at radius 3 is 2.35 bits per heavy atom. The Balaban J connectivity index is 1.20. The van der Waals surface area contributed by atoms with Gasteiger partial charge in [0.25, 0.3) is 0 Å². The fraction of sp³-hybridized carbons (Fsp3) is 0.136. The SMILES string of the molecule is CC1(C)c2ccccc2-c2cc3c4ccccc4n(-c4ccc5c6c(cccc46)-c4ccc6c(c4-5)C4C=CC=CC4(C)S6)c3cc21. The third-order valence-electron chi connectivity index (χ3n) is 11.5. The van der Waals surface area contributed by atoms with Crippen molar-refractivity contribution in [3.63, 3.8) is 0 Å². The third-order valence-corrected chi connectivity index (χ3v) is 12.9. The zero-order valence-electron chi connectivity index (χ0n) is 26.1. The van der Waals surface area contributed by atoms with Gasteiger partial charge in [-0.3, -0.25) is 0 Å². The summed E-state index contributed by atoms with van der Waals surface area (Å²) in [5, 5.41) is 5.33. The Morgan fingerprint density at radius 2 is 1.41 bits per heavy atom. The van der Waals surface area contributed by atoms with E-state index in [9.17, 15) is 0 Å². The van der Waals surface area contributed by atoms with Crippen molar-refractivity contribution in [2.75, 3.05) is 0 Å². The highest BCUT2D eigenvalue weighted by Crippen LogP contribution is 2.62. The van der Waals surface area contributed by atoms with Crippen LogP contribution < -0.4 is 0 Å². The molecule has 1 nitrogen and oxygen atoms in total. The molecule has 1 aromatic heterocycles. The summed E-state index contributed by atoms with van der Waals surface area (Å²) in [4.78, 5) is 1.42. The molecule has 4 aliphatic rings. The van der Waals surface area contributed by atoms with E-state index >= 15 is 0 Å². The molecule has 3 aliphatic carbocycles. The summed E-state index contributed by atoms with van der Waals surface area (Å²) in [7, 11) is 0. The van der Waals surface area contributed by atoms with Crippen molar-refractivity contribution in [1.29, 1.82) is 0 Å². The molecule has 7 aromatic rings. The van der Waals surface area contributed by atoms with E-state index in [0.717, 1.165) is 0 Å². The summed E-state index contributed by atoms with van der Waals surface area (Å²) < 4.78 is 2.61. The van der Waals surface area contributed by atoms with Gasteiger partial charge in [0.05, 0.1) is 16.7 Å². The normalized spacial score (nSPS) is 20.7. The van der Waals surface area contributed by atoms with Crippen LogP contribution in [0.1, 0.15) is 43.4 Å². The summed E-state index contributed by atoms with van der Waals surface area (Å²) >= 11 is 2.02. The van der Waals surface area contributed by atoms with Crippen molar-refractivity contribution in [2.45, 2.75) is 41.7 Å². The van der Waals surface area contributed by atoms with E-state index in [-0.39, 0.29) is 10.2 Å². The van der Waals surface area contributed by atoms with Gasteiger partial charge in [0.1, 0.15) is 0 Å². The molecule has 0 spiro atoms. The van der Waals surface area contributed by atoms with Crippen molar-refractivity contribution < 1.29 is 0 Å². The average molecular weight is 606 g/mol. The molecule has 2 heteroatoms. The van der Waals surface area contributed by atoms with Gasteiger partial charge in [-0.15, -0.1) is 11.8 Å². The lowest BCUT2D eigenvalue weighted by Crippen LogP contribution is -2.22. The summed E-state index contributed by atoms with van der Waals surface area (Å²) in [5.41, 5.74) is 16.4. The highest BCUT2D eigenvalue weighted by Gasteiger charge is 2.44. The molecule has 0 fully saturated rings. The number of allylic oxidation sites excluding steroid dienone is 3. The van der Waals surface area contributed by atoms with Crippen molar-refractivity contribution in [1.82, 2.24) is 4.57 Å². The summed E-state index contributed by atoms with van der Waals surface area (Å²) in [6.45, 7) is 7.16. The van der Waals surface area contributed by atoms with E-state index in [2.05, 4.69) is 153 Å². The molecule has 2 heterocycles. The van der Waals surface area contributed by atoms with Gasteiger partial charge in [0.15, 0.2) is 0 Å². The van der Waals surface area contributed by atoms with Crippen LogP contribution in [0.2, 0.25) is 0 Å². The van der Waals surface area contributed by atoms with Gasteiger partial charge in [-0.25, -0.2) is 0 Å². The molecule has 0 saturated carbocycles. The van der Waals surface area contributed by atoms with E-state index in [4.69, 9.17) is 0 Å². The first-order valence-electron chi connectivity index (χ1n) is 16.4. The number of benzene rings is 6. The number of hydrogen-bond donors (Lipinski definition) is 0. The van der Waals surface area contributed by atoms with Crippen molar-refractivity contribution in [3.8, 4) is 39.1 Å². The van der Waals surface area contributed by atoms with Crippen LogP contribution in [0.4, 0.5) is 0 Å². The van der Waals surface area contributed by atoms with Crippen LogP contribution in [0.5, 0.6) is 0 Å². The maximum Gasteiger partial charge on any atom is 0.0544 e. The highest BCUT2D eigenvalue weighted by molar-refractivity contribution is 8.01. The zero-order chi connectivity index (χ0) is 30.5. The Morgan fingerprint density at radius 1 is 0.609 bits per heavy atom. The Kier molecular flexibility index (Phi) is 4.59. The van der Waals surface area contributed by atoms with E-state index in [1.54, 1.807) is 0 Å². The smallest absolute Gasteiger partial charge is 0.0544 e. The topological polar surface area (TPSA) is 4.93 Å². The largest absolute Gasteiger partial charge is 0.309 e. The maximum absolute atomic E-state index is 2.54. The van der Waals surface area contributed by atoms with Crippen LogP contribution in [0.15, 0.2) is 132 Å². The second-order valence-electron chi connectivity index (χ2n) is 14.2. The first-order valence-corrected chi connectivity index (χ1v) is 17.2. The van der Waals surface area contributed by atoms with E-state index in [1.807, 2.05) is 11.8 Å². The molecule has 0 radical (unpaired) electrons. The second kappa shape index (κ2) is 8.32. The van der Waals surface area contributed by atoms with Crippen LogP contribution in [0.25, 0.3) is 71.6 Å². The van der Waals surface area contributed by atoms with Gasteiger partial charge >= 0.3 is 0 Å². The van der Waals surface area contributed by atoms with Crippen molar-refractivity contribution >= 4 is 44.3 Å². The fourth-order valence-corrected chi connectivity index (χ4v) is 10.8. The molecule has 0 N–H and O–H groups in total. The van der Waals surface area contributed by atoms with Gasteiger partial charge in [-0.2, -0.15) is 0 Å². The second-order valence-corrected chi connectivity index (χ2v) is 15.7. The van der Waals surface area contributed by atoms with E-state index in [1.165, 1.54) is 93.2 Å². The number of thioether (sulfide) groups is 1. The summed E-state index contributed by atoms with van der Waals surface area (Å²) in [6, 6.07) is 39.4. The average Bonchev–Trinajstić information content (AvgIpc) is 3.75. The van der Waals surface area contributed by atoms with Crippen LogP contribution in [-0.2, 0) is 5.41 Å². The van der Waals surface area contributed by atoms with E-state index < -0.39 is 0 Å². The van der Waals surface area contributed by atoms with Crippen LogP contribution in [0, 0.1) is 0 Å². The van der Waals surface area contributed by atoms with Crippen LogP contribution in [0.3, 0.4) is 0 Å². The zero-order valence-corrected chi connectivity index (χ0v) is 26.9. The maximum atomic E-state index is 2.54. The molecule has 1 aliphatic heterocycles. The lowest BCUT2D eigenvalue weighted by Gasteiger charge is -2.28. The van der Waals surface area contributed by atoms with Gasteiger partial charge in [0.2, 0.25) is 0 Å². The fourth-order valence-electron chi connectivity index (χ4n) is 9.39. The van der Waals surface area contributed by atoms with Crippen molar-refractivity contribution in [3.05, 3.63) is 144 Å². The predicted octanol–water partition coefficient (Wildman–Crippen LogP) is 12.0. The highest BCUT2D eigenvalue weighted by atomic mass is 32.2. The minimum Gasteiger partial charge on any atom is -0.309 e. The number of rotatable bonds is 1. The molecule has 218 valence electrons. The summed E-state index contributed by atoms with van der Waals surface area (Å²) in [6.07, 6.45) is 9.28. The number of fused-ring (bicyclic) bond motifs is 13. The molecule has 2 atom stereocenters. The lowest BCUT2D eigenvalue weighted by atomic mass is 9.80. The molecular weight excluding hydrogens is 575 g/mol. The molecule has 11 rings (SSSR count). The van der Waals surface area contributed by atoms with Gasteiger partial charge in [-0.1, -0.05) is 111 Å². The molecule has 6 aromatic carbocycles. The first-order chi connectivity index (χ1) is 22.4. The Hall–Kier alpha value is -4.79. The Bertz CT molecular complexity index is 2610. The first kappa shape index (κ1) is 25.4. The van der Waals surface area contributed by atoms with Gasteiger partial charge in [0, 0.05) is 37.1 Å². The van der Waals surface area contributed by atoms with Crippen LogP contribution in [-0.4, -0.2) is 9.31 Å². The molecule has 0 bridgehead atoms. The standard InChI is InChI=1S/C44H31NS/c1-43(2)33-15-6-4-11-25(33)31-23-32-26-12-5-7-17-36(26)45(38(32)24-35(31)43)37-20-18-30-40-27(13-10-14-29(37)40)28-19-21-39-42(41(28)30)34-16-8-9-22-44(34,3)46-39/h4-24,34H,1-3H3. The Labute approximate surface area is 272 Å². The molecule has 46 heavy (non-hydrogen) atoms. The molecule has 0 saturated heterocycles. The number of hydrogen-bond acceptors (Lipinski definition) is 1. The molecular formula is C44H31NS. The quantitative estimate of drug-likeness (QED) is 0.180. The molecule has 0 amide bonds.